The number of benzene rings is 1. The van der Waals surface area contributed by atoms with Crippen LogP contribution in [-0.4, -0.2) is 35.6 Å². The Morgan fingerprint density at radius 1 is 1.36 bits per heavy atom. The zero-order chi connectivity index (χ0) is 16.5. The third kappa shape index (κ3) is 3.15. The number of alkyl halides is 2. The first kappa shape index (κ1) is 16.1. The van der Waals surface area contributed by atoms with Crippen LogP contribution in [0.1, 0.15) is 13.3 Å². The normalized spacial score (nSPS) is 23.5. The van der Waals surface area contributed by atoms with E-state index in [1.54, 1.807) is 0 Å². The van der Waals surface area contributed by atoms with E-state index in [0.717, 1.165) is 19.1 Å². The number of nitrogens with one attached hydrogen (secondary N) is 1. The Kier molecular flexibility index (Phi) is 4.04. The molecule has 2 atom stereocenters. The van der Waals surface area contributed by atoms with E-state index in [1.165, 1.54) is 12.1 Å². The number of hydrogen-bond acceptors (Lipinski definition) is 3. The Labute approximate surface area is 124 Å². The molecule has 0 aliphatic heterocycles. The van der Waals surface area contributed by atoms with Crippen LogP contribution in [0.5, 0.6) is 5.75 Å². The minimum atomic E-state index is -3.08. The minimum Gasteiger partial charge on any atom is -0.478 e. The minimum absolute atomic E-state index is 0.0889. The van der Waals surface area contributed by atoms with Gasteiger partial charge in [0, 0.05) is 6.42 Å². The summed E-state index contributed by atoms with van der Waals surface area (Å²) < 4.78 is 44.0. The van der Waals surface area contributed by atoms with Gasteiger partial charge in [-0.3, -0.25) is 4.79 Å². The van der Waals surface area contributed by atoms with Crippen LogP contribution in [0.25, 0.3) is 0 Å². The van der Waals surface area contributed by atoms with Crippen molar-refractivity contribution in [2.45, 2.75) is 25.4 Å². The molecule has 1 saturated carbocycles. The van der Waals surface area contributed by atoms with E-state index in [1.807, 2.05) is 0 Å². The van der Waals surface area contributed by atoms with Gasteiger partial charge in [-0.2, -0.15) is 0 Å². The molecular weight excluding hydrogens is 303 g/mol. The van der Waals surface area contributed by atoms with Crippen molar-refractivity contribution in [3.05, 3.63) is 30.1 Å². The van der Waals surface area contributed by atoms with Crippen molar-refractivity contribution in [3.63, 3.8) is 0 Å². The lowest BCUT2D eigenvalue weighted by atomic mass is 10.1. The highest BCUT2D eigenvalue weighted by Crippen LogP contribution is 2.60. The Morgan fingerprint density at radius 2 is 1.91 bits per heavy atom. The van der Waals surface area contributed by atoms with Gasteiger partial charge in [0.05, 0.1) is 6.54 Å². The third-order valence-electron chi connectivity index (χ3n) is 3.57. The van der Waals surface area contributed by atoms with E-state index in [2.05, 4.69) is 5.32 Å². The molecule has 1 aromatic carbocycles. The van der Waals surface area contributed by atoms with Gasteiger partial charge in [-0.25, -0.2) is 18.0 Å². The van der Waals surface area contributed by atoms with E-state index in [4.69, 9.17) is 9.84 Å². The largest absolute Gasteiger partial charge is 0.478 e. The first-order valence-electron chi connectivity index (χ1n) is 6.47. The first-order chi connectivity index (χ1) is 10.2. The van der Waals surface area contributed by atoms with Crippen LogP contribution in [0.4, 0.5) is 13.2 Å². The summed E-state index contributed by atoms with van der Waals surface area (Å²) in [5, 5.41) is 11.2. The number of aliphatic carboxylic acids is 1. The second kappa shape index (κ2) is 5.51. The summed E-state index contributed by atoms with van der Waals surface area (Å²) >= 11 is 0. The van der Waals surface area contributed by atoms with Gasteiger partial charge in [0.25, 0.3) is 5.92 Å². The van der Waals surface area contributed by atoms with Crippen LogP contribution in [0.2, 0.25) is 0 Å². The number of carboxylic acids is 1. The molecule has 0 saturated heterocycles. The Morgan fingerprint density at radius 3 is 2.36 bits per heavy atom. The number of carbonyl (C=O) groups excluding carboxylic acids is 1. The van der Waals surface area contributed by atoms with Crippen molar-refractivity contribution in [1.82, 2.24) is 5.32 Å². The second-order valence-corrected chi connectivity index (χ2v) is 5.32. The molecule has 1 aliphatic carbocycles. The monoisotopic (exact) mass is 317 g/mol. The molecule has 1 amide bonds. The Balaban J connectivity index is 1.94. The van der Waals surface area contributed by atoms with Gasteiger partial charge in [-0.15, -0.1) is 0 Å². The number of rotatable bonds is 6. The molecule has 0 radical (unpaired) electrons. The van der Waals surface area contributed by atoms with E-state index >= 15 is 0 Å². The fourth-order valence-corrected chi connectivity index (χ4v) is 1.88. The maximum atomic E-state index is 13.1. The van der Waals surface area contributed by atoms with Gasteiger partial charge in [-0.05, 0) is 31.2 Å². The van der Waals surface area contributed by atoms with Crippen molar-refractivity contribution in [2.75, 3.05) is 6.54 Å². The second-order valence-electron chi connectivity index (χ2n) is 5.32. The van der Waals surface area contributed by atoms with Crippen LogP contribution in [0.3, 0.4) is 0 Å². The Hall–Kier alpha value is -2.25. The smallest absolute Gasteiger partial charge is 0.346 e. The fraction of sp³-hybridized carbons (Fsp3) is 0.429. The molecule has 22 heavy (non-hydrogen) atoms. The standard InChI is InChI=1S/C14H14F3NO4/c1-13(7-14(13,16)17)12(21)18-6-10(11(19)20)22-9-4-2-8(15)3-5-9/h2-5,10H,6-7H2,1H3,(H,18,21)(H,19,20). The molecule has 8 heteroatoms. The van der Waals surface area contributed by atoms with Gasteiger partial charge in [0.2, 0.25) is 12.0 Å². The molecule has 0 aromatic heterocycles. The predicted molar refractivity (Wildman–Crippen MR) is 69.1 cm³/mol. The maximum Gasteiger partial charge on any atom is 0.346 e. The van der Waals surface area contributed by atoms with Gasteiger partial charge in [0.1, 0.15) is 17.0 Å². The summed E-state index contributed by atoms with van der Waals surface area (Å²) in [5.41, 5.74) is -1.80. The molecule has 0 bridgehead atoms. The van der Waals surface area contributed by atoms with Gasteiger partial charge < -0.3 is 15.2 Å². The van der Waals surface area contributed by atoms with Gasteiger partial charge in [-0.1, -0.05) is 0 Å². The predicted octanol–water partition coefficient (Wildman–Crippen LogP) is 1.82. The van der Waals surface area contributed by atoms with Crippen molar-refractivity contribution in [3.8, 4) is 5.75 Å². The lowest BCUT2D eigenvalue weighted by molar-refractivity contribution is -0.145. The molecule has 2 N–H and O–H groups in total. The quantitative estimate of drug-likeness (QED) is 0.839. The molecule has 2 unspecified atom stereocenters. The number of carboxylic acid groups (broad SMARTS) is 1. The zero-order valence-electron chi connectivity index (χ0n) is 11.6. The van der Waals surface area contributed by atoms with E-state index < -0.39 is 48.1 Å². The van der Waals surface area contributed by atoms with Gasteiger partial charge >= 0.3 is 5.97 Å². The SMILES string of the molecule is CC1(C(=O)NCC(Oc2ccc(F)cc2)C(=O)O)CC1(F)F. The summed E-state index contributed by atoms with van der Waals surface area (Å²) in [5.74, 6) is -5.81. The highest BCUT2D eigenvalue weighted by Gasteiger charge is 2.72. The number of hydrogen-bond donors (Lipinski definition) is 2. The molecule has 0 heterocycles. The van der Waals surface area contributed by atoms with E-state index in [0.29, 0.717) is 0 Å². The lowest BCUT2D eigenvalue weighted by Crippen LogP contribution is -2.43. The molecular formula is C14H14F3NO4. The zero-order valence-corrected chi connectivity index (χ0v) is 11.6. The molecule has 1 aliphatic rings. The topological polar surface area (TPSA) is 75.6 Å². The molecule has 2 rings (SSSR count). The van der Waals surface area contributed by atoms with Crippen LogP contribution in [-0.2, 0) is 9.59 Å². The lowest BCUT2D eigenvalue weighted by Gasteiger charge is -2.17. The van der Waals surface area contributed by atoms with E-state index in [9.17, 15) is 22.8 Å². The summed E-state index contributed by atoms with van der Waals surface area (Å²) in [6.07, 6.45) is -2.03. The van der Waals surface area contributed by atoms with Crippen LogP contribution < -0.4 is 10.1 Å². The van der Waals surface area contributed by atoms with Crippen molar-refractivity contribution >= 4 is 11.9 Å². The van der Waals surface area contributed by atoms with Crippen LogP contribution >= 0.6 is 0 Å². The highest BCUT2D eigenvalue weighted by atomic mass is 19.3. The summed E-state index contributed by atoms with van der Waals surface area (Å²) in [7, 11) is 0. The maximum absolute atomic E-state index is 13.1. The number of carbonyl (C=O) groups is 2. The average Bonchev–Trinajstić information content (AvgIpc) is 2.96. The summed E-state index contributed by atoms with van der Waals surface area (Å²) in [6, 6.07) is 4.62. The molecule has 0 spiro atoms. The summed E-state index contributed by atoms with van der Waals surface area (Å²) in [4.78, 5) is 22.8. The average molecular weight is 317 g/mol. The number of ether oxygens (including phenoxy) is 1. The molecule has 1 fully saturated rings. The Bertz CT molecular complexity index is 590. The van der Waals surface area contributed by atoms with Crippen molar-refractivity contribution < 1.29 is 32.6 Å². The highest BCUT2D eigenvalue weighted by molar-refractivity contribution is 5.87. The van der Waals surface area contributed by atoms with Gasteiger partial charge in [0.15, 0.2) is 0 Å². The molecule has 1 aromatic rings. The van der Waals surface area contributed by atoms with Crippen molar-refractivity contribution in [1.29, 1.82) is 0 Å². The molecule has 120 valence electrons. The van der Waals surface area contributed by atoms with Crippen LogP contribution in [0.15, 0.2) is 24.3 Å². The van der Waals surface area contributed by atoms with Crippen molar-refractivity contribution in [2.24, 2.45) is 5.41 Å². The molecule has 5 nitrogen and oxygen atoms in total. The first-order valence-corrected chi connectivity index (χ1v) is 6.47. The van der Waals surface area contributed by atoms with Crippen LogP contribution in [0, 0.1) is 11.2 Å². The third-order valence-corrected chi connectivity index (χ3v) is 3.57. The number of amides is 1. The van der Waals surface area contributed by atoms with E-state index in [-0.39, 0.29) is 5.75 Å². The fourth-order valence-electron chi connectivity index (χ4n) is 1.88. The number of halogens is 3. The summed E-state index contributed by atoms with van der Waals surface area (Å²) in [6.45, 7) is 0.635.